The van der Waals surface area contributed by atoms with Crippen molar-refractivity contribution in [1.29, 1.82) is 0 Å². The highest BCUT2D eigenvalue weighted by atomic mass is 32.1. The minimum Gasteiger partial charge on any atom is -0.430 e. The zero-order valence-electron chi connectivity index (χ0n) is 10.8. The molecule has 18 heavy (non-hydrogen) atoms. The second-order valence-electron chi connectivity index (χ2n) is 5.15. The minimum atomic E-state index is -0.241. The van der Waals surface area contributed by atoms with Crippen LogP contribution in [0.15, 0.2) is 18.2 Å². The fourth-order valence-corrected chi connectivity index (χ4v) is 2.08. The molecule has 2 rings (SSSR count). The van der Waals surface area contributed by atoms with Gasteiger partial charge in [0, 0.05) is 16.9 Å². The van der Waals surface area contributed by atoms with Crippen LogP contribution in [0.25, 0.3) is 0 Å². The molecule has 0 radical (unpaired) electrons. The lowest BCUT2D eigenvalue weighted by atomic mass is 9.96. The molecule has 0 aliphatic rings. The Balaban J connectivity index is 2.19. The second-order valence-corrected chi connectivity index (χ2v) is 5.86. The molecule has 0 atom stereocenters. The van der Waals surface area contributed by atoms with E-state index in [0.717, 1.165) is 5.82 Å². The summed E-state index contributed by atoms with van der Waals surface area (Å²) in [5.74, 6) is 1.09. The highest BCUT2D eigenvalue weighted by molar-refractivity contribution is 7.07. The minimum absolute atomic E-state index is 0.100. The van der Waals surface area contributed by atoms with Crippen molar-refractivity contribution in [2.45, 2.75) is 33.1 Å². The number of rotatable bonds is 2. The van der Waals surface area contributed by atoms with Gasteiger partial charge in [0.2, 0.25) is 0 Å². The maximum atomic E-state index is 13.1. The molecule has 0 aliphatic carbocycles. The molecule has 1 aromatic heterocycles. The Hall–Kier alpha value is -1.49. The first-order chi connectivity index (χ1) is 8.36. The molecule has 0 aliphatic heterocycles. The molecule has 0 bridgehead atoms. The van der Waals surface area contributed by atoms with Crippen LogP contribution in [0, 0.1) is 12.7 Å². The van der Waals surface area contributed by atoms with Gasteiger partial charge < -0.3 is 4.74 Å². The average molecular weight is 266 g/mol. The third-order valence-electron chi connectivity index (χ3n) is 2.41. The molecule has 2 aromatic rings. The first kappa shape index (κ1) is 13.0. The Labute approximate surface area is 110 Å². The summed E-state index contributed by atoms with van der Waals surface area (Å²) in [6, 6.07) is 4.62. The monoisotopic (exact) mass is 266 g/mol. The van der Waals surface area contributed by atoms with E-state index in [9.17, 15) is 4.39 Å². The topological polar surface area (TPSA) is 35.0 Å². The van der Waals surface area contributed by atoms with Crippen molar-refractivity contribution in [3.8, 4) is 10.9 Å². The first-order valence-corrected chi connectivity index (χ1v) is 6.42. The Morgan fingerprint density at radius 3 is 2.56 bits per heavy atom. The fraction of sp³-hybridized carbons (Fsp3) is 0.385. The van der Waals surface area contributed by atoms with Crippen molar-refractivity contribution in [1.82, 2.24) is 9.36 Å². The second kappa shape index (κ2) is 4.65. The summed E-state index contributed by atoms with van der Waals surface area (Å²) in [6.07, 6.45) is 0. The summed E-state index contributed by atoms with van der Waals surface area (Å²) in [5.41, 5.74) is 0.449. The van der Waals surface area contributed by atoms with Gasteiger partial charge in [0.25, 0.3) is 5.19 Å². The van der Waals surface area contributed by atoms with Crippen molar-refractivity contribution < 1.29 is 9.13 Å². The highest BCUT2D eigenvalue weighted by Gasteiger charge is 2.20. The van der Waals surface area contributed by atoms with Crippen LogP contribution in [0.5, 0.6) is 10.9 Å². The van der Waals surface area contributed by atoms with Crippen molar-refractivity contribution >= 4 is 11.5 Å². The van der Waals surface area contributed by atoms with Crippen molar-refractivity contribution in [3.05, 3.63) is 35.4 Å². The van der Waals surface area contributed by atoms with Crippen LogP contribution in [-0.4, -0.2) is 9.36 Å². The molecule has 0 unspecified atom stereocenters. The Morgan fingerprint density at radius 1 is 1.28 bits per heavy atom. The van der Waals surface area contributed by atoms with E-state index in [0.29, 0.717) is 16.5 Å². The molecule has 0 spiro atoms. The molecular formula is C13H15FN2OS. The van der Waals surface area contributed by atoms with E-state index < -0.39 is 0 Å². The predicted octanol–water partition coefficient (Wildman–Crippen LogP) is 4.08. The van der Waals surface area contributed by atoms with E-state index in [1.165, 1.54) is 17.6 Å². The van der Waals surface area contributed by atoms with Crippen LogP contribution < -0.4 is 4.74 Å². The van der Waals surface area contributed by atoms with E-state index in [4.69, 9.17) is 4.74 Å². The van der Waals surface area contributed by atoms with Crippen LogP contribution in [0.1, 0.15) is 32.2 Å². The number of aryl methyl sites for hydroxylation is 1. The van der Waals surface area contributed by atoms with Gasteiger partial charge in [0.1, 0.15) is 11.6 Å². The van der Waals surface area contributed by atoms with Gasteiger partial charge in [0.15, 0.2) is 5.82 Å². The average Bonchev–Trinajstić information content (AvgIpc) is 2.72. The smallest absolute Gasteiger partial charge is 0.298 e. The molecule has 0 amide bonds. The zero-order chi connectivity index (χ0) is 13.3. The van der Waals surface area contributed by atoms with Gasteiger partial charge in [-0.05, 0) is 30.7 Å². The van der Waals surface area contributed by atoms with Gasteiger partial charge in [-0.3, -0.25) is 0 Å². The maximum Gasteiger partial charge on any atom is 0.298 e. The van der Waals surface area contributed by atoms with Crippen LogP contribution >= 0.6 is 11.5 Å². The molecular weight excluding hydrogens is 251 g/mol. The van der Waals surface area contributed by atoms with Gasteiger partial charge >= 0.3 is 0 Å². The summed E-state index contributed by atoms with van der Waals surface area (Å²) >= 11 is 1.20. The van der Waals surface area contributed by atoms with Crippen LogP contribution in [0.3, 0.4) is 0 Å². The Kier molecular flexibility index (Phi) is 3.34. The number of hydrogen-bond donors (Lipinski definition) is 0. The van der Waals surface area contributed by atoms with Crippen molar-refractivity contribution in [2.24, 2.45) is 0 Å². The van der Waals surface area contributed by atoms with Crippen molar-refractivity contribution in [3.63, 3.8) is 0 Å². The highest BCUT2D eigenvalue weighted by Crippen LogP contribution is 2.28. The molecule has 5 heteroatoms. The van der Waals surface area contributed by atoms with Gasteiger partial charge in [0.05, 0.1) is 0 Å². The zero-order valence-corrected chi connectivity index (χ0v) is 11.6. The maximum absolute atomic E-state index is 13.1. The number of ether oxygens (including phenoxy) is 1. The van der Waals surface area contributed by atoms with E-state index in [-0.39, 0.29) is 11.2 Å². The molecule has 1 aromatic carbocycles. The van der Waals surface area contributed by atoms with E-state index in [1.54, 1.807) is 19.1 Å². The lowest BCUT2D eigenvalue weighted by molar-refractivity contribution is 0.466. The summed E-state index contributed by atoms with van der Waals surface area (Å²) < 4.78 is 22.9. The quantitative estimate of drug-likeness (QED) is 0.821. The van der Waals surface area contributed by atoms with Gasteiger partial charge in [-0.2, -0.15) is 9.36 Å². The number of halogens is 1. The SMILES string of the molecule is Cc1cc(Oc2nc(C(C)(C)C)ns2)ccc1F. The summed E-state index contributed by atoms with van der Waals surface area (Å²) in [4.78, 5) is 4.32. The van der Waals surface area contributed by atoms with Gasteiger partial charge in [-0.1, -0.05) is 20.8 Å². The van der Waals surface area contributed by atoms with Crippen molar-refractivity contribution in [2.75, 3.05) is 0 Å². The predicted molar refractivity (Wildman–Crippen MR) is 69.8 cm³/mol. The normalized spacial score (nSPS) is 11.6. The number of aromatic nitrogens is 2. The largest absolute Gasteiger partial charge is 0.430 e. The number of hydrogen-bond acceptors (Lipinski definition) is 4. The molecule has 0 saturated heterocycles. The Bertz CT molecular complexity index is 560. The standard InChI is InChI=1S/C13H15FN2OS/c1-8-7-9(5-6-10(8)14)17-12-15-11(16-18-12)13(2,3)4/h5-7H,1-4H3. The summed E-state index contributed by atoms with van der Waals surface area (Å²) in [5, 5.41) is 0.478. The lowest BCUT2D eigenvalue weighted by Crippen LogP contribution is -2.12. The molecule has 96 valence electrons. The molecule has 1 heterocycles. The van der Waals surface area contributed by atoms with E-state index in [1.807, 2.05) is 20.8 Å². The van der Waals surface area contributed by atoms with E-state index >= 15 is 0 Å². The molecule has 3 nitrogen and oxygen atoms in total. The third kappa shape index (κ3) is 2.85. The molecule has 0 saturated carbocycles. The number of nitrogens with zero attached hydrogens (tertiary/aromatic N) is 2. The summed E-state index contributed by atoms with van der Waals surface area (Å²) in [6.45, 7) is 7.82. The van der Waals surface area contributed by atoms with Crippen LogP contribution in [0.4, 0.5) is 4.39 Å². The van der Waals surface area contributed by atoms with E-state index in [2.05, 4.69) is 9.36 Å². The van der Waals surface area contributed by atoms with Gasteiger partial charge in [-0.25, -0.2) is 4.39 Å². The number of benzene rings is 1. The van der Waals surface area contributed by atoms with Crippen LogP contribution in [0.2, 0.25) is 0 Å². The summed E-state index contributed by atoms with van der Waals surface area (Å²) in [7, 11) is 0. The molecule has 0 N–H and O–H groups in total. The van der Waals surface area contributed by atoms with Crippen LogP contribution in [-0.2, 0) is 5.41 Å². The lowest BCUT2D eigenvalue weighted by Gasteiger charge is -2.12. The third-order valence-corrected chi connectivity index (χ3v) is 3.01. The first-order valence-electron chi connectivity index (χ1n) is 5.64. The molecule has 0 fully saturated rings. The Morgan fingerprint density at radius 2 is 2.00 bits per heavy atom. The fourth-order valence-electron chi connectivity index (χ4n) is 1.34. The van der Waals surface area contributed by atoms with Gasteiger partial charge in [-0.15, -0.1) is 0 Å².